The second-order valence-corrected chi connectivity index (χ2v) is 8.56. The Balaban J connectivity index is 3.48. The molecule has 4 N–H and O–H groups in total. The summed E-state index contributed by atoms with van der Waals surface area (Å²) in [6.45, 7) is 1.52. The first-order valence-electron chi connectivity index (χ1n) is 6.17. The number of hydrogen-bond acceptors (Lipinski definition) is 5. The van der Waals surface area contributed by atoms with E-state index in [-0.39, 0.29) is 35.4 Å². The summed E-state index contributed by atoms with van der Waals surface area (Å²) in [5, 5.41) is 0. The van der Waals surface area contributed by atoms with Crippen molar-refractivity contribution in [2.45, 2.75) is 16.7 Å². The average molecular weight is 390 g/mol. The number of nitrogens with one attached hydrogen (secondary N) is 2. The van der Waals surface area contributed by atoms with Crippen LogP contribution in [0, 0.1) is 6.92 Å². The van der Waals surface area contributed by atoms with E-state index in [0.29, 0.717) is 5.56 Å². The van der Waals surface area contributed by atoms with Crippen molar-refractivity contribution in [3.05, 3.63) is 17.7 Å². The van der Waals surface area contributed by atoms with Gasteiger partial charge in [0.15, 0.2) is 0 Å². The quantitative estimate of drug-likeness (QED) is 0.444. The van der Waals surface area contributed by atoms with Gasteiger partial charge in [0, 0.05) is 30.5 Å². The predicted molar refractivity (Wildman–Crippen MR) is 87.4 cm³/mol. The van der Waals surface area contributed by atoms with Gasteiger partial charge in [-0.25, -0.2) is 26.3 Å². The number of rotatable bonds is 8. The minimum Gasteiger partial charge on any atom is -0.398 e. The molecule has 0 saturated carbocycles. The number of alkyl halides is 2. The summed E-state index contributed by atoms with van der Waals surface area (Å²) in [6, 6.07) is 2.32. The molecular formula is C11H17Cl2N3O4S2. The van der Waals surface area contributed by atoms with Crippen molar-refractivity contribution in [3.63, 3.8) is 0 Å². The second-order valence-electron chi connectivity index (χ2n) is 4.33. The van der Waals surface area contributed by atoms with Gasteiger partial charge in [-0.1, -0.05) is 0 Å². The summed E-state index contributed by atoms with van der Waals surface area (Å²) in [5.74, 6) is 0.104. The average Bonchev–Trinajstić information content (AvgIpc) is 2.45. The van der Waals surface area contributed by atoms with E-state index in [2.05, 4.69) is 9.44 Å². The van der Waals surface area contributed by atoms with E-state index in [1.54, 1.807) is 6.92 Å². The van der Waals surface area contributed by atoms with Crippen LogP contribution in [-0.2, 0) is 20.0 Å². The zero-order valence-electron chi connectivity index (χ0n) is 11.8. The Morgan fingerprint density at radius 2 is 1.36 bits per heavy atom. The maximum atomic E-state index is 12.3. The molecule has 22 heavy (non-hydrogen) atoms. The number of benzene rings is 1. The summed E-state index contributed by atoms with van der Waals surface area (Å²) in [4.78, 5) is -0.811. The lowest BCUT2D eigenvalue weighted by atomic mass is 10.2. The number of halogens is 2. The van der Waals surface area contributed by atoms with Gasteiger partial charge in [-0.05, 0) is 24.6 Å². The Bertz CT molecular complexity index is 673. The smallest absolute Gasteiger partial charge is 0.242 e. The summed E-state index contributed by atoms with van der Waals surface area (Å²) < 4.78 is 53.5. The third-order valence-corrected chi connectivity index (χ3v) is 6.19. The molecule has 0 heterocycles. The van der Waals surface area contributed by atoms with Crippen molar-refractivity contribution < 1.29 is 16.8 Å². The van der Waals surface area contributed by atoms with Crippen molar-refractivity contribution in [1.82, 2.24) is 9.44 Å². The number of hydrogen-bond donors (Lipinski definition) is 3. The largest absolute Gasteiger partial charge is 0.398 e. The molecule has 7 nitrogen and oxygen atoms in total. The molecule has 0 aromatic heterocycles. The van der Waals surface area contributed by atoms with Crippen LogP contribution in [0.25, 0.3) is 0 Å². The highest BCUT2D eigenvalue weighted by atomic mass is 35.5. The van der Waals surface area contributed by atoms with Crippen LogP contribution in [0.2, 0.25) is 0 Å². The molecule has 0 aliphatic heterocycles. The van der Waals surface area contributed by atoms with Crippen molar-refractivity contribution in [1.29, 1.82) is 0 Å². The van der Waals surface area contributed by atoms with Gasteiger partial charge in [-0.3, -0.25) is 0 Å². The third kappa shape index (κ3) is 4.71. The van der Waals surface area contributed by atoms with E-state index in [9.17, 15) is 16.8 Å². The Hall–Kier alpha value is -0.580. The van der Waals surface area contributed by atoms with Crippen LogP contribution in [-0.4, -0.2) is 41.7 Å². The molecule has 126 valence electrons. The predicted octanol–water partition coefficient (Wildman–Crippen LogP) is 0.611. The lowest BCUT2D eigenvalue weighted by Crippen LogP contribution is -2.31. The highest BCUT2D eigenvalue weighted by Crippen LogP contribution is 2.26. The van der Waals surface area contributed by atoms with Gasteiger partial charge < -0.3 is 5.73 Å². The minimum atomic E-state index is -4.07. The van der Waals surface area contributed by atoms with Crippen LogP contribution in [0.15, 0.2) is 21.9 Å². The van der Waals surface area contributed by atoms with Gasteiger partial charge in [0.25, 0.3) is 0 Å². The molecule has 0 radical (unpaired) electrons. The van der Waals surface area contributed by atoms with Crippen LogP contribution in [0.5, 0.6) is 0 Å². The number of aryl methyl sites for hydroxylation is 1. The molecule has 1 aromatic carbocycles. The van der Waals surface area contributed by atoms with Gasteiger partial charge in [0.1, 0.15) is 9.79 Å². The Morgan fingerprint density at radius 3 is 1.77 bits per heavy atom. The van der Waals surface area contributed by atoms with E-state index in [1.807, 2.05) is 0 Å². The molecule has 1 aromatic rings. The van der Waals surface area contributed by atoms with Gasteiger partial charge in [-0.15, -0.1) is 23.2 Å². The van der Waals surface area contributed by atoms with E-state index in [0.717, 1.165) is 6.07 Å². The van der Waals surface area contributed by atoms with E-state index < -0.39 is 24.9 Å². The fraction of sp³-hybridized carbons (Fsp3) is 0.455. The maximum Gasteiger partial charge on any atom is 0.242 e. The van der Waals surface area contributed by atoms with Crippen LogP contribution < -0.4 is 15.2 Å². The van der Waals surface area contributed by atoms with Crippen LogP contribution in [0.3, 0.4) is 0 Å². The molecule has 0 aliphatic rings. The lowest BCUT2D eigenvalue weighted by Gasteiger charge is -2.14. The van der Waals surface area contributed by atoms with Gasteiger partial charge >= 0.3 is 0 Å². The summed E-state index contributed by atoms with van der Waals surface area (Å²) in [7, 11) is -8.11. The Labute approximate surface area is 140 Å². The molecule has 0 fully saturated rings. The van der Waals surface area contributed by atoms with Crippen LogP contribution >= 0.6 is 23.2 Å². The number of anilines is 1. The van der Waals surface area contributed by atoms with Gasteiger partial charge in [0.2, 0.25) is 20.0 Å². The monoisotopic (exact) mass is 389 g/mol. The Morgan fingerprint density at radius 1 is 0.955 bits per heavy atom. The first-order valence-corrected chi connectivity index (χ1v) is 10.2. The minimum absolute atomic E-state index is 0.0259. The topological polar surface area (TPSA) is 118 Å². The van der Waals surface area contributed by atoms with Gasteiger partial charge in [-0.2, -0.15) is 0 Å². The fourth-order valence-corrected chi connectivity index (χ4v) is 4.98. The summed E-state index contributed by atoms with van der Waals surface area (Å²) >= 11 is 10.9. The summed E-state index contributed by atoms with van der Waals surface area (Å²) in [5.41, 5.74) is 6.32. The zero-order valence-corrected chi connectivity index (χ0v) is 14.9. The number of nitrogens with two attached hydrogens (primary N) is 1. The zero-order chi connectivity index (χ0) is 17.0. The Kier molecular flexibility index (Phi) is 6.90. The number of sulfonamides is 2. The van der Waals surface area contributed by atoms with E-state index in [1.165, 1.54) is 6.07 Å². The third-order valence-electron chi connectivity index (χ3n) is 2.68. The molecular weight excluding hydrogens is 373 g/mol. The molecule has 0 amide bonds. The van der Waals surface area contributed by atoms with Crippen molar-refractivity contribution >= 4 is 48.9 Å². The number of nitrogen functional groups attached to an aromatic ring is 1. The molecule has 11 heteroatoms. The normalized spacial score (nSPS) is 12.5. The van der Waals surface area contributed by atoms with Gasteiger partial charge in [0.05, 0.1) is 0 Å². The van der Waals surface area contributed by atoms with E-state index >= 15 is 0 Å². The molecule has 0 aliphatic carbocycles. The molecule has 0 unspecified atom stereocenters. The van der Waals surface area contributed by atoms with Crippen LogP contribution in [0.1, 0.15) is 5.56 Å². The summed E-state index contributed by atoms with van der Waals surface area (Å²) in [6.07, 6.45) is 0. The molecule has 0 spiro atoms. The fourth-order valence-electron chi connectivity index (χ4n) is 1.60. The second kappa shape index (κ2) is 7.80. The highest BCUT2D eigenvalue weighted by molar-refractivity contribution is 7.92. The lowest BCUT2D eigenvalue weighted by molar-refractivity contribution is 0.570. The highest BCUT2D eigenvalue weighted by Gasteiger charge is 2.27. The maximum absolute atomic E-state index is 12.3. The SMILES string of the molecule is Cc1cc(S(=O)(=O)NCCCl)c(S(=O)(=O)NCCCl)cc1N. The molecule has 0 atom stereocenters. The standard InChI is InChI=1S/C11H17Cl2N3O4S2/c1-8-6-10(21(17,18)15-4-2-12)11(7-9(8)14)22(19,20)16-5-3-13/h6-7,15-16H,2-5,14H2,1H3. The van der Waals surface area contributed by atoms with Crippen LogP contribution in [0.4, 0.5) is 5.69 Å². The molecule has 0 saturated heterocycles. The van der Waals surface area contributed by atoms with Crippen molar-refractivity contribution in [2.75, 3.05) is 30.6 Å². The van der Waals surface area contributed by atoms with Crippen molar-refractivity contribution in [2.24, 2.45) is 0 Å². The molecule has 0 bridgehead atoms. The first-order chi connectivity index (χ1) is 10.2. The first kappa shape index (κ1) is 19.5. The van der Waals surface area contributed by atoms with E-state index in [4.69, 9.17) is 28.9 Å². The molecule has 1 rings (SSSR count). The van der Waals surface area contributed by atoms with Crippen molar-refractivity contribution in [3.8, 4) is 0 Å².